The maximum Gasteiger partial charge on any atom is 0.336 e. The van der Waals surface area contributed by atoms with E-state index in [0.29, 0.717) is 11.3 Å². The maximum atomic E-state index is 11.6. The first kappa shape index (κ1) is 14.1. The predicted octanol–water partition coefficient (Wildman–Crippen LogP) is 2.04. The van der Waals surface area contributed by atoms with Gasteiger partial charge in [-0.05, 0) is 23.6 Å². The van der Waals surface area contributed by atoms with Crippen molar-refractivity contribution < 1.29 is 13.9 Å². The van der Waals surface area contributed by atoms with Crippen molar-refractivity contribution in [3.63, 3.8) is 0 Å². The van der Waals surface area contributed by atoms with Crippen molar-refractivity contribution in [3.8, 4) is 5.75 Å². The van der Waals surface area contributed by atoms with Gasteiger partial charge in [0.25, 0.3) is 5.91 Å². The van der Waals surface area contributed by atoms with Gasteiger partial charge in [-0.3, -0.25) is 4.79 Å². The van der Waals surface area contributed by atoms with Crippen LogP contribution < -0.4 is 15.7 Å². The van der Waals surface area contributed by atoms with Crippen molar-refractivity contribution in [3.05, 3.63) is 40.2 Å². The second kappa shape index (κ2) is 5.77. The monoisotopic (exact) mass is 275 g/mol. The van der Waals surface area contributed by atoms with Crippen LogP contribution in [0.2, 0.25) is 0 Å². The van der Waals surface area contributed by atoms with Gasteiger partial charge in [0, 0.05) is 24.6 Å². The molecule has 0 saturated heterocycles. The smallest absolute Gasteiger partial charge is 0.336 e. The van der Waals surface area contributed by atoms with Crippen LogP contribution in [-0.4, -0.2) is 19.6 Å². The fourth-order valence-electron chi connectivity index (χ4n) is 1.96. The van der Waals surface area contributed by atoms with Crippen molar-refractivity contribution in [2.24, 2.45) is 0 Å². The van der Waals surface area contributed by atoms with E-state index in [1.807, 2.05) is 19.9 Å². The quantitative estimate of drug-likeness (QED) is 0.867. The van der Waals surface area contributed by atoms with Crippen LogP contribution in [0.15, 0.2) is 33.5 Å². The summed E-state index contributed by atoms with van der Waals surface area (Å²) >= 11 is 0. The molecule has 0 spiro atoms. The van der Waals surface area contributed by atoms with Crippen LogP contribution in [0, 0.1) is 0 Å². The average Bonchev–Trinajstić information content (AvgIpc) is 2.43. The van der Waals surface area contributed by atoms with E-state index in [9.17, 15) is 9.59 Å². The third-order valence-corrected chi connectivity index (χ3v) is 3.02. The topological polar surface area (TPSA) is 68.5 Å². The second-order valence-electron chi connectivity index (χ2n) is 4.80. The second-order valence-corrected chi connectivity index (χ2v) is 4.80. The number of likely N-dealkylation sites (N-methyl/N-ethyl adjacent to an activating group) is 1. The number of fused-ring (bicyclic) bond motifs is 1. The standard InChI is InChI=1S/C15H17NO4/c1-9(2)12-7-15(18)20-13-6-10(4-5-11(12)13)19-8-14(17)16-3/h4-7,9H,8H2,1-3H3,(H,16,17). The SMILES string of the molecule is CNC(=O)COc1ccc2c(C(C)C)cc(=O)oc2c1. The van der Waals surface area contributed by atoms with Crippen LogP contribution in [0.4, 0.5) is 0 Å². The highest BCUT2D eigenvalue weighted by Crippen LogP contribution is 2.26. The number of ether oxygens (including phenoxy) is 1. The first-order valence-electron chi connectivity index (χ1n) is 6.42. The summed E-state index contributed by atoms with van der Waals surface area (Å²) in [4.78, 5) is 22.7. The highest BCUT2D eigenvalue weighted by molar-refractivity contribution is 5.82. The molecule has 106 valence electrons. The third kappa shape index (κ3) is 2.99. The number of hydrogen-bond acceptors (Lipinski definition) is 4. The van der Waals surface area contributed by atoms with Gasteiger partial charge >= 0.3 is 5.63 Å². The normalized spacial score (nSPS) is 10.8. The molecule has 2 rings (SSSR count). The van der Waals surface area contributed by atoms with E-state index < -0.39 is 0 Å². The van der Waals surface area contributed by atoms with Crippen LogP contribution in [0.25, 0.3) is 11.0 Å². The van der Waals surface area contributed by atoms with Gasteiger partial charge in [-0.15, -0.1) is 0 Å². The Morgan fingerprint density at radius 3 is 2.75 bits per heavy atom. The average molecular weight is 275 g/mol. The zero-order valence-corrected chi connectivity index (χ0v) is 11.7. The molecule has 5 nitrogen and oxygen atoms in total. The van der Waals surface area contributed by atoms with Gasteiger partial charge in [0.05, 0.1) is 0 Å². The van der Waals surface area contributed by atoms with Gasteiger partial charge < -0.3 is 14.5 Å². The molecule has 0 atom stereocenters. The zero-order chi connectivity index (χ0) is 14.7. The molecule has 5 heteroatoms. The summed E-state index contributed by atoms with van der Waals surface area (Å²) in [5.41, 5.74) is 1.02. The lowest BCUT2D eigenvalue weighted by atomic mass is 10.00. The minimum absolute atomic E-state index is 0.0733. The van der Waals surface area contributed by atoms with Gasteiger partial charge in [-0.1, -0.05) is 13.8 Å². The molecule has 1 N–H and O–H groups in total. The van der Waals surface area contributed by atoms with E-state index in [1.54, 1.807) is 19.2 Å². The summed E-state index contributed by atoms with van der Waals surface area (Å²) < 4.78 is 10.5. The van der Waals surface area contributed by atoms with Crippen molar-refractivity contribution >= 4 is 16.9 Å². The summed E-state index contributed by atoms with van der Waals surface area (Å²) in [6, 6.07) is 6.74. The Morgan fingerprint density at radius 1 is 1.35 bits per heavy atom. The largest absolute Gasteiger partial charge is 0.484 e. The molecule has 0 aliphatic carbocycles. The molecule has 1 amide bonds. The lowest BCUT2D eigenvalue weighted by Crippen LogP contribution is -2.24. The van der Waals surface area contributed by atoms with Crippen molar-refractivity contribution in [2.75, 3.05) is 13.7 Å². The van der Waals surface area contributed by atoms with Crippen LogP contribution in [-0.2, 0) is 4.79 Å². The number of nitrogens with one attached hydrogen (secondary N) is 1. The Hall–Kier alpha value is -2.30. The Balaban J connectivity index is 2.39. The number of carbonyl (C=O) groups is 1. The minimum Gasteiger partial charge on any atom is -0.484 e. The summed E-state index contributed by atoms with van der Waals surface area (Å²) in [5, 5.41) is 3.35. The Bertz CT molecular complexity index is 688. The molecule has 1 aromatic heterocycles. The highest BCUT2D eigenvalue weighted by atomic mass is 16.5. The predicted molar refractivity (Wildman–Crippen MR) is 76.1 cm³/mol. The van der Waals surface area contributed by atoms with E-state index in [-0.39, 0.29) is 24.1 Å². The first-order chi connectivity index (χ1) is 9.51. The first-order valence-corrected chi connectivity index (χ1v) is 6.42. The molecule has 0 bridgehead atoms. The Kier molecular flexibility index (Phi) is 4.08. The number of benzene rings is 1. The van der Waals surface area contributed by atoms with Gasteiger partial charge in [0.15, 0.2) is 6.61 Å². The summed E-state index contributed by atoms with van der Waals surface area (Å²) in [6.45, 7) is 3.96. The number of hydrogen-bond donors (Lipinski definition) is 1. The van der Waals surface area contributed by atoms with E-state index in [2.05, 4.69) is 5.32 Å². The molecule has 0 fully saturated rings. The van der Waals surface area contributed by atoms with E-state index in [4.69, 9.17) is 9.15 Å². The van der Waals surface area contributed by atoms with Crippen molar-refractivity contribution in [2.45, 2.75) is 19.8 Å². The van der Waals surface area contributed by atoms with Gasteiger partial charge in [-0.2, -0.15) is 0 Å². The summed E-state index contributed by atoms with van der Waals surface area (Å²) in [6.07, 6.45) is 0. The molecule has 0 saturated carbocycles. The van der Waals surface area contributed by atoms with Crippen molar-refractivity contribution in [1.82, 2.24) is 5.32 Å². The van der Waals surface area contributed by atoms with Crippen LogP contribution in [0.1, 0.15) is 25.3 Å². The van der Waals surface area contributed by atoms with Gasteiger partial charge in [0.1, 0.15) is 11.3 Å². The minimum atomic E-state index is -0.385. The van der Waals surface area contributed by atoms with Crippen LogP contribution >= 0.6 is 0 Å². The van der Waals surface area contributed by atoms with Gasteiger partial charge in [0.2, 0.25) is 0 Å². The number of rotatable bonds is 4. The molecule has 1 aromatic carbocycles. The molecule has 20 heavy (non-hydrogen) atoms. The Labute approximate surface area is 116 Å². The molecule has 0 aliphatic rings. The molecule has 1 heterocycles. The van der Waals surface area contributed by atoms with E-state index >= 15 is 0 Å². The third-order valence-electron chi connectivity index (χ3n) is 3.02. The molecule has 2 aromatic rings. The molecular weight excluding hydrogens is 258 g/mol. The van der Waals surface area contributed by atoms with Crippen molar-refractivity contribution in [1.29, 1.82) is 0 Å². The number of carbonyl (C=O) groups excluding carboxylic acids is 1. The fourth-order valence-corrected chi connectivity index (χ4v) is 1.96. The summed E-state index contributed by atoms with van der Waals surface area (Å²) in [7, 11) is 1.54. The molecule has 0 aliphatic heterocycles. The maximum absolute atomic E-state index is 11.6. The van der Waals surface area contributed by atoms with Crippen LogP contribution in [0.3, 0.4) is 0 Å². The van der Waals surface area contributed by atoms with E-state index in [1.165, 1.54) is 6.07 Å². The molecule has 0 unspecified atom stereocenters. The molecular formula is C15H17NO4. The Morgan fingerprint density at radius 2 is 2.10 bits per heavy atom. The van der Waals surface area contributed by atoms with E-state index in [0.717, 1.165) is 10.9 Å². The van der Waals surface area contributed by atoms with Gasteiger partial charge in [-0.25, -0.2) is 4.79 Å². The summed E-state index contributed by atoms with van der Waals surface area (Å²) in [5.74, 6) is 0.492. The lowest BCUT2D eigenvalue weighted by molar-refractivity contribution is -0.122. The fraction of sp³-hybridized carbons (Fsp3) is 0.333. The number of amides is 1. The van der Waals surface area contributed by atoms with Crippen LogP contribution in [0.5, 0.6) is 5.75 Å². The lowest BCUT2D eigenvalue weighted by Gasteiger charge is -2.10. The molecule has 0 radical (unpaired) electrons. The highest BCUT2D eigenvalue weighted by Gasteiger charge is 2.10. The zero-order valence-electron chi connectivity index (χ0n) is 11.7.